The Bertz CT molecular complexity index is 1060. The zero-order chi connectivity index (χ0) is 23.2. The molecule has 3 atom stereocenters. The zero-order valence-electron chi connectivity index (χ0n) is 18.9. The molecule has 1 aliphatic carbocycles. The number of hydrogen-bond donors (Lipinski definition) is 2. The van der Waals surface area contributed by atoms with Gasteiger partial charge in [0.05, 0.1) is 17.3 Å². The molecule has 2 saturated heterocycles. The average molecular weight is 458 g/mol. The number of methoxy groups -OCH3 is 1. The highest BCUT2D eigenvalue weighted by Gasteiger charge is 2.64. The number of hydrogen-bond acceptors (Lipinski definition) is 5. The molecule has 0 bridgehead atoms. The van der Waals surface area contributed by atoms with Gasteiger partial charge in [0.1, 0.15) is 17.5 Å². The third-order valence-electron chi connectivity index (χ3n) is 7.29. The molecule has 0 spiro atoms. The molecule has 0 aromatic heterocycles. The number of rotatable bonds is 5. The monoisotopic (exact) mass is 457 g/mol. The quantitative estimate of drug-likeness (QED) is 0.711. The van der Waals surface area contributed by atoms with Crippen LogP contribution >= 0.6 is 0 Å². The molecule has 4 aliphatic rings. The van der Waals surface area contributed by atoms with Gasteiger partial charge >= 0.3 is 6.03 Å². The summed E-state index contributed by atoms with van der Waals surface area (Å²) >= 11 is 0. The van der Waals surface area contributed by atoms with Crippen LogP contribution in [0.3, 0.4) is 0 Å². The Kier molecular flexibility index (Phi) is 5.60. The van der Waals surface area contributed by atoms with Gasteiger partial charge < -0.3 is 25.2 Å². The van der Waals surface area contributed by atoms with E-state index in [1.54, 1.807) is 18.2 Å². The van der Waals surface area contributed by atoms with Crippen LogP contribution in [0.4, 0.5) is 13.6 Å². The van der Waals surface area contributed by atoms with Crippen molar-refractivity contribution in [2.45, 2.75) is 44.2 Å². The number of urea groups is 1. The molecule has 7 nitrogen and oxygen atoms in total. The minimum atomic E-state index is -0.540. The molecule has 1 aromatic rings. The van der Waals surface area contributed by atoms with Crippen molar-refractivity contribution in [2.24, 2.45) is 10.9 Å². The predicted molar refractivity (Wildman–Crippen MR) is 120 cm³/mol. The Hall–Kier alpha value is -2.94. The fourth-order valence-electron chi connectivity index (χ4n) is 5.43. The Morgan fingerprint density at radius 2 is 2.18 bits per heavy atom. The standard InChI is InChI=1S/C24H29F2N5O2/c1-3-20(28-23(32)30-10-8-17(14-30)33-2)22-27-9-6-21(29-22)31-11-7-15-13-24(15,31)18-12-16(25)4-5-19(18)26/h4-6,9,12,15,17,29H,3,7-8,10-11,13-14H2,1-2H3,(H,28,32)/b22-20-/t15-,17-,24+/m0/s1. The summed E-state index contributed by atoms with van der Waals surface area (Å²) in [5, 5.41) is 6.34. The summed E-state index contributed by atoms with van der Waals surface area (Å²) in [5.74, 6) is 0.819. The van der Waals surface area contributed by atoms with Crippen LogP contribution in [-0.4, -0.2) is 54.9 Å². The van der Waals surface area contributed by atoms with E-state index in [1.165, 1.54) is 12.1 Å². The Balaban J connectivity index is 1.35. The molecule has 0 unspecified atom stereocenters. The molecule has 9 heteroatoms. The number of likely N-dealkylation sites (tertiary alicyclic amines) is 2. The zero-order valence-corrected chi connectivity index (χ0v) is 18.9. The van der Waals surface area contributed by atoms with Crippen molar-refractivity contribution >= 4 is 12.2 Å². The van der Waals surface area contributed by atoms with Gasteiger partial charge in [0.2, 0.25) is 0 Å². The molecule has 2 N–H and O–H groups in total. The first-order valence-corrected chi connectivity index (χ1v) is 11.5. The molecule has 1 saturated carbocycles. The molecule has 3 heterocycles. The SMILES string of the molecule is CC/C(NC(=O)N1CC[C@H](OC)C1)=C1\N=CC=C(N2CC[C@H]3C[C@]32c2cc(F)ccc2F)N1. The van der Waals surface area contributed by atoms with Crippen LogP contribution in [0.15, 0.2) is 46.6 Å². The summed E-state index contributed by atoms with van der Waals surface area (Å²) < 4.78 is 34.0. The van der Waals surface area contributed by atoms with E-state index in [0.29, 0.717) is 36.6 Å². The second kappa shape index (κ2) is 8.44. The molecule has 33 heavy (non-hydrogen) atoms. The van der Waals surface area contributed by atoms with Gasteiger partial charge in [0, 0.05) is 38.5 Å². The van der Waals surface area contributed by atoms with Crippen molar-refractivity contribution in [3.05, 3.63) is 58.8 Å². The van der Waals surface area contributed by atoms with E-state index in [2.05, 4.69) is 20.5 Å². The number of nitrogens with zero attached hydrogens (tertiary/aromatic N) is 3. The number of piperidine rings is 1. The lowest BCUT2D eigenvalue weighted by Crippen LogP contribution is -2.42. The van der Waals surface area contributed by atoms with E-state index in [4.69, 9.17) is 4.74 Å². The third-order valence-corrected chi connectivity index (χ3v) is 7.29. The maximum Gasteiger partial charge on any atom is 0.321 e. The third kappa shape index (κ3) is 3.78. The number of ether oxygens (including phenoxy) is 1. The highest BCUT2D eigenvalue weighted by molar-refractivity contribution is 5.78. The van der Waals surface area contributed by atoms with Crippen LogP contribution in [0.2, 0.25) is 0 Å². The van der Waals surface area contributed by atoms with E-state index in [1.807, 2.05) is 13.0 Å². The van der Waals surface area contributed by atoms with Crippen LogP contribution in [0.1, 0.15) is 38.2 Å². The second-order valence-electron chi connectivity index (χ2n) is 9.05. The topological polar surface area (TPSA) is 69.2 Å². The average Bonchev–Trinajstić information content (AvgIpc) is 3.18. The summed E-state index contributed by atoms with van der Waals surface area (Å²) in [6.45, 7) is 3.90. The molecule has 176 valence electrons. The van der Waals surface area contributed by atoms with Gasteiger partial charge in [-0.1, -0.05) is 6.92 Å². The number of carbonyl (C=O) groups is 1. The highest BCUT2D eigenvalue weighted by Crippen LogP contribution is 2.64. The van der Waals surface area contributed by atoms with Gasteiger partial charge in [0.25, 0.3) is 0 Å². The first-order chi connectivity index (χ1) is 16.0. The molecule has 1 aromatic carbocycles. The lowest BCUT2D eigenvalue weighted by Gasteiger charge is -2.35. The van der Waals surface area contributed by atoms with Gasteiger partial charge in [-0.2, -0.15) is 0 Å². The van der Waals surface area contributed by atoms with Crippen LogP contribution in [0.5, 0.6) is 0 Å². The summed E-state index contributed by atoms with van der Waals surface area (Å²) in [6, 6.07) is 3.51. The number of allylic oxidation sites excluding steroid dienone is 2. The van der Waals surface area contributed by atoms with Crippen molar-refractivity contribution in [1.29, 1.82) is 0 Å². The van der Waals surface area contributed by atoms with Crippen molar-refractivity contribution < 1.29 is 18.3 Å². The van der Waals surface area contributed by atoms with Gasteiger partial charge in [-0.25, -0.2) is 18.6 Å². The lowest BCUT2D eigenvalue weighted by atomic mass is 10.0. The Morgan fingerprint density at radius 3 is 2.91 bits per heavy atom. The minimum absolute atomic E-state index is 0.0647. The van der Waals surface area contributed by atoms with Gasteiger partial charge in [-0.3, -0.25) is 0 Å². The smallest absolute Gasteiger partial charge is 0.321 e. The predicted octanol–water partition coefficient (Wildman–Crippen LogP) is 3.41. The molecule has 0 radical (unpaired) electrons. The first kappa shape index (κ1) is 21.9. The fourth-order valence-corrected chi connectivity index (χ4v) is 5.43. The van der Waals surface area contributed by atoms with Crippen LogP contribution in [0.25, 0.3) is 0 Å². The first-order valence-electron chi connectivity index (χ1n) is 11.5. The van der Waals surface area contributed by atoms with E-state index >= 15 is 0 Å². The molecule has 5 rings (SSSR count). The maximum absolute atomic E-state index is 14.7. The van der Waals surface area contributed by atoms with Crippen molar-refractivity contribution in [3.8, 4) is 0 Å². The highest BCUT2D eigenvalue weighted by atomic mass is 19.1. The molecule has 2 amide bonds. The molecule has 3 fully saturated rings. The van der Waals surface area contributed by atoms with Crippen LogP contribution in [0, 0.1) is 17.6 Å². The number of benzene rings is 1. The normalized spacial score (nSPS) is 29.5. The summed E-state index contributed by atoms with van der Waals surface area (Å²) in [4.78, 5) is 21.1. The molecular weight excluding hydrogens is 428 g/mol. The van der Waals surface area contributed by atoms with Gasteiger partial charge in [-0.15, -0.1) is 0 Å². The summed E-state index contributed by atoms with van der Waals surface area (Å²) in [6.07, 6.45) is 6.70. The fraction of sp³-hybridized carbons (Fsp3) is 0.500. The number of fused-ring (bicyclic) bond motifs is 1. The van der Waals surface area contributed by atoms with Crippen LogP contribution in [-0.2, 0) is 10.3 Å². The van der Waals surface area contributed by atoms with Crippen molar-refractivity contribution in [3.63, 3.8) is 0 Å². The van der Waals surface area contributed by atoms with Gasteiger partial charge in [-0.05, 0) is 55.9 Å². The second-order valence-corrected chi connectivity index (χ2v) is 9.05. The Morgan fingerprint density at radius 1 is 1.33 bits per heavy atom. The minimum Gasteiger partial charge on any atom is -0.380 e. The number of nitrogens with one attached hydrogen (secondary N) is 2. The van der Waals surface area contributed by atoms with E-state index < -0.39 is 11.4 Å². The summed E-state index contributed by atoms with van der Waals surface area (Å²) in [5.41, 5.74) is 0.550. The number of aliphatic imine (C=N–C) groups is 1. The van der Waals surface area contributed by atoms with Crippen molar-refractivity contribution in [1.82, 2.24) is 20.4 Å². The Labute approximate surface area is 192 Å². The van der Waals surface area contributed by atoms with E-state index in [-0.39, 0.29) is 23.9 Å². The number of amides is 2. The molecule has 3 aliphatic heterocycles. The van der Waals surface area contributed by atoms with Gasteiger partial charge in [0.15, 0.2) is 5.82 Å². The molecular formula is C24H29F2N5O2. The van der Waals surface area contributed by atoms with E-state index in [0.717, 1.165) is 37.7 Å². The largest absolute Gasteiger partial charge is 0.380 e. The van der Waals surface area contributed by atoms with Crippen LogP contribution < -0.4 is 10.6 Å². The lowest BCUT2D eigenvalue weighted by molar-refractivity contribution is 0.110. The maximum atomic E-state index is 14.7. The van der Waals surface area contributed by atoms with E-state index in [9.17, 15) is 13.6 Å². The van der Waals surface area contributed by atoms with Crippen molar-refractivity contribution in [2.75, 3.05) is 26.7 Å². The number of halogens is 2. The number of carbonyl (C=O) groups excluding carboxylic acids is 1. The summed E-state index contributed by atoms with van der Waals surface area (Å²) in [7, 11) is 1.66.